The van der Waals surface area contributed by atoms with Crippen LogP contribution in [0.25, 0.3) is 0 Å². The van der Waals surface area contributed by atoms with E-state index in [2.05, 4.69) is 10.3 Å². The molecule has 0 bridgehead atoms. The Hall–Kier alpha value is -2.08. The van der Waals surface area contributed by atoms with Crippen LogP contribution in [0.15, 0.2) is 30.6 Å². The summed E-state index contributed by atoms with van der Waals surface area (Å²) in [5, 5.41) is 2.93. The van der Waals surface area contributed by atoms with Crippen LogP contribution in [0.3, 0.4) is 0 Å². The van der Waals surface area contributed by atoms with E-state index in [1.165, 1.54) is 0 Å². The molecule has 0 aliphatic rings. The standard InChI is InChI=1S/C15H15F3N2O/c1-3-21-11-4-10(7-20-8-11)15(19-2)9-5-12(16)14(18)13(17)6-9/h4-8,15,19H,3H2,1-2H3. The van der Waals surface area contributed by atoms with Crippen LogP contribution in [-0.4, -0.2) is 18.6 Å². The quantitative estimate of drug-likeness (QED) is 0.860. The van der Waals surface area contributed by atoms with E-state index in [4.69, 9.17) is 4.74 Å². The summed E-state index contributed by atoms with van der Waals surface area (Å²) in [5.74, 6) is -3.37. The van der Waals surface area contributed by atoms with E-state index in [0.717, 1.165) is 12.1 Å². The van der Waals surface area contributed by atoms with Crippen LogP contribution in [0.1, 0.15) is 24.1 Å². The Kier molecular flexibility index (Phi) is 4.80. The van der Waals surface area contributed by atoms with E-state index in [1.807, 2.05) is 6.92 Å². The molecule has 6 heteroatoms. The van der Waals surface area contributed by atoms with Gasteiger partial charge < -0.3 is 10.1 Å². The third-order valence-electron chi connectivity index (χ3n) is 3.01. The first-order chi connectivity index (χ1) is 10.1. The van der Waals surface area contributed by atoms with Crippen molar-refractivity contribution in [3.63, 3.8) is 0 Å². The van der Waals surface area contributed by atoms with Gasteiger partial charge in [-0.15, -0.1) is 0 Å². The van der Waals surface area contributed by atoms with Gasteiger partial charge in [0.1, 0.15) is 5.75 Å². The molecule has 1 heterocycles. The summed E-state index contributed by atoms with van der Waals surface area (Å²) in [7, 11) is 1.64. The van der Waals surface area contributed by atoms with Crippen molar-refractivity contribution in [3.8, 4) is 5.75 Å². The molecule has 0 aliphatic heterocycles. The molecule has 2 rings (SSSR count). The Labute approximate surface area is 120 Å². The molecule has 112 valence electrons. The minimum atomic E-state index is -1.48. The van der Waals surface area contributed by atoms with Gasteiger partial charge in [-0.05, 0) is 43.3 Å². The van der Waals surface area contributed by atoms with Gasteiger partial charge in [0.25, 0.3) is 0 Å². The Morgan fingerprint density at radius 1 is 1.10 bits per heavy atom. The number of nitrogens with zero attached hydrogens (tertiary/aromatic N) is 1. The highest BCUT2D eigenvalue weighted by atomic mass is 19.2. The maximum atomic E-state index is 13.4. The number of benzene rings is 1. The summed E-state index contributed by atoms with van der Waals surface area (Å²) in [4.78, 5) is 4.03. The number of nitrogens with one attached hydrogen (secondary N) is 1. The van der Waals surface area contributed by atoms with Crippen molar-refractivity contribution in [1.29, 1.82) is 0 Å². The van der Waals surface area contributed by atoms with Crippen LogP contribution in [-0.2, 0) is 0 Å². The van der Waals surface area contributed by atoms with Gasteiger partial charge in [-0.3, -0.25) is 4.98 Å². The first-order valence-electron chi connectivity index (χ1n) is 6.46. The Morgan fingerprint density at radius 3 is 2.33 bits per heavy atom. The number of pyridine rings is 1. The lowest BCUT2D eigenvalue weighted by molar-refractivity contribution is 0.338. The summed E-state index contributed by atoms with van der Waals surface area (Å²) in [6.45, 7) is 2.32. The second kappa shape index (κ2) is 6.58. The second-order valence-corrected chi connectivity index (χ2v) is 4.41. The third kappa shape index (κ3) is 3.33. The molecule has 0 amide bonds. The van der Waals surface area contributed by atoms with E-state index in [-0.39, 0.29) is 5.56 Å². The fourth-order valence-electron chi connectivity index (χ4n) is 2.11. The first kappa shape index (κ1) is 15.3. The summed E-state index contributed by atoms with van der Waals surface area (Å²) < 4.78 is 45.1. The molecule has 0 aliphatic carbocycles. The summed E-state index contributed by atoms with van der Waals surface area (Å²) in [6, 6.07) is 3.12. The second-order valence-electron chi connectivity index (χ2n) is 4.41. The fourth-order valence-corrected chi connectivity index (χ4v) is 2.11. The summed E-state index contributed by atoms with van der Waals surface area (Å²) in [6.07, 6.45) is 3.11. The van der Waals surface area contributed by atoms with Crippen LogP contribution >= 0.6 is 0 Å². The molecule has 21 heavy (non-hydrogen) atoms. The van der Waals surface area contributed by atoms with E-state index < -0.39 is 23.5 Å². The van der Waals surface area contributed by atoms with Gasteiger partial charge >= 0.3 is 0 Å². The zero-order chi connectivity index (χ0) is 15.4. The molecule has 1 aromatic heterocycles. The van der Waals surface area contributed by atoms with E-state index in [9.17, 15) is 13.2 Å². The minimum absolute atomic E-state index is 0.268. The van der Waals surface area contributed by atoms with Crippen LogP contribution in [0, 0.1) is 17.5 Å². The Balaban J connectivity index is 2.42. The van der Waals surface area contributed by atoms with Gasteiger partial charge in [-0.1, -0.05) is 0 Å². The Morgan fingerprint density at radius 2 is 1.76 bits per heavy atom. The van der Waals surface area contributed by atoms with Crippen LogP contribution in [0.5, 0.6) is 5.75 Å². The lowest BCUT2D eigenvalue weighted by Crippen LogP contribution is -2.18. The maximum absolute atomic E-state index is 13.4. The van der Waals surface area contributed by atoms with Crippen LogP contribution < -0.4 is 10.1 Å². The highest BCUT2D eigenvalue weighted by Gasteiger charge is 2.18. The monoisotopic (exact) mass is 296 g/mol. The first-order valence-corrected chi connectivity index (χ1v) is 6.46. The molecule has 1 N–H and O–H groups in total. The molecule has 0 saturated heterocycles. The molecular formula is C15H15F3N2O. The number of aromatic nitrogens is 1. The molecule has 1 aromatic carbocycles. The molecule has 0 saturated carbocycles. The molecule has 0 spiro atoms. The molecule has 0 radical (unpaired) electrons. The normalized spacial score (nSPS) is 12.2. The molecule has 3 nitrogen and oxygen atoms in total. The third-order valence-corrected chi connectivity index (χ3v) is 3.01. The highest BCUT2D eigenvalue weighted by molar-refractivity contribution is 5.34. The maximum Gasteiger partial charge on any atom is 0.194 e. The number of hydrogen-bond donors (Lipinski definition) is 1. The zero-order valence-electron chi connectivity index (χ0n) is 11.7. The van der Waals surface area contributed by atoms with Gasteiger partial charge in [0.05, 0.1) is 18.8 Å². The van der Waals surface area contributed by atoms with Gasteiger partial charge in [0.15, 0.2) is 17.5 Å². The Bertz CT molecular complexity index is 611. The number of ether oxygens (including phenoxy) is 1. The SMILES string of the molecule is CCOc1cncc(C(NC)c2cc(F)c(F)c(F)c2)c1. The zero-order valence-corrected chi connectivity index (χ0v) is 11.7. The largest absolute Gasteiger partial charge is 0.492 e. The minimum Gasteiger partial charge on any atom is -0.492 e. The van der Waals surface area contributed by atoms with Crippen molar-refractivity contribution < 1.29 is 17.9 Å². The van der Waals surface area contributed by atoms with Gasteiger partial charge in [0.2, 0.25) is 0 Å². The van der Waals surface area contributed by atoms with Crippen molar-refractivity contribution in [3.05, 3.63) is 59.2 Å². The van der Waals surface area contributed by atoms with Gasteiger partial charge in [0, 0.05) is 6.20 Å². The van der Waals surface area contributed by atoms with Crippen LogP contribution in [0.2, 0.25) is 0 Å². The van der Waals surface area contributed by atoms with Crippen molar-refractivity contribution in [2.24, 2.45) is 0 Å². The number of halogens is 3. The molecule has 1 atom stereocenters. The lowest BCUT2D eigenvalue weighted by atomic mass is 10.00. The number of rotatable bonds is 5. The average Bonchev–Trinajstić information content (AvgIpc) is 2.46. The molecule has 2 aromatic rings. The molecule has 0 fully saturated rings. The van der Waals surface area contributed by atoms with Crippen molar-refractivity contribution in [2.75, 3.05) is 13.7 Å². The van der Waals surface area contributed by atoms with Gasteiger partial charge in [-0.25, -0.2) is 13.2 Å². The summed E-state index contributed by atoms with van der Waals surface area (Å²) in [5.41, 5.74) is 0.929. The fraction of sp³-hybridized carbons (Fsp3) is 0.267. The van der Waals surface area contributed by atoms with Crippen LogP contribution in [0.4, 0.5) is 13.2 Å². The predicted octanol–water partition coefficient (Wildman–Crippen LogP) is 3.21. The van der Waals surface area contributed by atoms with E-state index in [0.29, 0.717) is 17.9 Å². The van der Waals surface area contributed by atoms with Gasteiger partial charge in [-0.2, -0.15) is 0 Å². The predicted molar refractivity (Wildman–Crippen MR) is 72.6 cm³/mol. The summed E-state index contributed by atoms with van der Waals surface area (Å²) >= 11 is 0. The van der Waals surface area contributed by atoms with Crippen molar-refractivity contribution >= 4 is 0 Å². The van der Waals surface area contributed by atoms with E-state index >= 15 is 0 Å². The smallest absolute Gasteiger partial charge is 0.194 e. The van der Waals surface area contributed by atoms with Crippen molar-refractivity contribution in [1.82, 2.24) is 10.3 Å². The average molecular weight is 296 g/mol. The molecule has 1 unspecified atom stereocenters. The topological polar surface area (TPSA) is 34.1 Å². The lowest BCUT2D eigenvalue weighted by Gasteiger charge is -2.18. The van der Waals surface area contributed by atoms with E-state index in [1.54, 1.807) is 25.5 Å². The van der Waals surface area contributed by atoms with Crippen molar-refractivity contribution in [2.45, 2.75) is 13.0 Å². The number of hydrogen-bond acceptors (Lipinski definition) is 3. The highest BCUT2D eigenvalue weighted by Crippen LogP contribution is 2.26. The molecular weight excluding hydrogens is 281 g/mol.